The van der Waals surface area contributed by atoms with Gasteiger partial charge in [0.15, 0.2) is 5.82 Å². The van der Waals surface area contributed by atoms with Crippen molar-refractivity contribution in [2.45, 2.75) is 71.6 Å². The Kier molecular flexibility index (Phi) is 8.12. The molecule has 0 radical (unpaired) electrons. The Bertz CT molecular complexity index is 912. The van der Waals surface area contributed by atoms with Gasteiger partial charge in [-0.25, -0.2) is 4.79 Å². The molecule has 9 nitrogen and oxygen atoms in total. The second-order valence-corrected chi connectivity index (χ2v) is 11.0. The molecule has 1 aliphatic rings. The second-order valence-electron chi connectivity index (χ2n) is 9.93. The number of thiophene rings is 1. The molecular formula is C23H35N5O4S. The first kappa shape index (κ1) is 25.2. The number of piperidine rings is 1. The first-order valence-corrected chi connectivity index (χ1v) is 12.3. The van der Waals surface area contributed by atoms with E-state index < -0.39 is 17.2 Å². The molecule has 0 aromatic carbocycles. The van der Waals surface area contributed by atoms with Gasteiger partial charge in [0.05, 0.1) is 6.54 Å². The first-order chi connectivity index (χ1) is 15.5. The van der Waals surface area contributed by atoms with Crippen LogP contribution in [0.3, 0.4) is 0 Å². The molecule has 2 aromatic rings. The predicted octanol–water partition coefficient (Wildman–Crippen LogP) is 3.46. The lowest BCUT2D eigenvalue weighted by molar-refractivity contribution is -0.126. The van der Waals surface area contributed by atoms with Crippen LogP contribution in [0.2, 0.25) is 0 Å². The van der Waals surface area contributed by atoms with E-state index in [9.17, 15) is 9.59 Å². The molecule has 0 atom stereocenters. The maximum absolute atomic E-state index is 12.5. The molecule has 0 aliphatic carbocycles. The summed E-state index contributed by atoms with van der Waals surface area (Å²) in [6.45, 7) is 11.8. The Morgan fingerprint density at radius 3 is 2.61 bits per heavy atom. The number of nitrogens with one attached hydrogen (secondary N) is 2. The summed E-state index contributed by atoms with van der Waals surface area (Å²) in [6, 6.07) is 4.12. The van der Waals surface area contributed by atoms with Gasteiger partial charge in [0.2, 0.25) is 11.8 Å². The van der Waals surface area contributed by atoms with E-state index in [-0.39, 0.29) is 11.8 Å². The normalized spacial score (nSPS) is 15.9. The van der Waals surface area contributed by atoms with Gasteiger partial charge in [-0.15, -0.1) is 11.3 Å². The Labute approximate surface area is 199 Å². The monoisotopic (exact) mass is 477 g/mol. The van der Waals surface area contributed by atoms with E-state index in [2.05, 4.69) is 37.1 Å². The van der Waals surface area contributed by atoms with Crippen molar-refractivity contribution in [2.75, 3.05) is 19.6 Å². The second kappa shape index (κ2) is 10.6. The van der Waals surface area contributed by atoms with Gasteiger partial charge < -0.3 is 19.9 Å². The van der Waals surface area contributed by atoms with Crippen LogP contribution in [0.15, 0.2) is 22.0 Å². The van der Waals surface area contributed by atoms with Crippen molar-refractivity contribution in [3.05, 3.63) is 34.1 Å². The predicted molar refractivity (Wildman–Crippen MR) is 126 cm³/mol. The number of carbonyl (C=O) groups is 2. The van der Waals surface area contributed by atoms with E-state index in [1.165, 1.54) is 4.88 Å². The van der Waals surface area contributed by atoms with Crippen molar-refractivity contribution >= 4 is 23.3 Å². The number of hydrogen-bond acceptors (Lipinski definition) is 8. The molecule has 0 saturated carbocycles. The molecule has 2 amide bonds. The third-order valence-corrected chi connectivity index (χ3v) is 6.34. The van der Waals surface area contributed by atoms with Gasteiger partial charge in [-0.2, -0.15) is 4.98 Å². The van der Waals surface area contributed by atoms with E-state index >= 15 is 0 Å². The fourth-order valence-corrected chi connectivity index (χ4v) is 4.35. The van der Waals surface area contributed by atoms with Crippen molar-refractivity contribution in [1.29, 1.82) is 0 Å². The third-order valence-electron chi connectivity index (χ3n) is 5.41. The zero-order chi connectivity index (χ0) is 24.1. The molecule has 0 bridgehead atoms. The van der Waals surface area contributed by atoms with Crippen molar-refractivity contribution < 1.29 is 18.8 Å². The number of hydrogen-bond donors (Lipinski definition) is 2. The Morgan fingerprint density at radius 2 is 1.97 bits per heavy atom. The molecule has 0 spiro atoms. The summed E-state index contributed by atoms with van der Waals surface area (Å²) in [5, 5.41) is 12.0. The highest BCUT2D eigenvalue weighted by atomic mass is 32.1. The SMILES string of the molecule is CC(C)(C)OC(=O)NC(C)(C)c1noc(CN2CCC(C(=O)NCCc3cccs3)CC2)n1. The minimum absolute atomic E-state index is 0.0415. The average molecular weight is 478 g/mol. The average Bonchev–Trinajstić information content (AvgIpc) is 3.39. The van der Waals surface area contributed by atoms with Crippen LogP contribution in [0.1, 0.15) is 64.1 Å². The van der Waals surface area contributed by atoms with Crippen LogP contribution < -0.4 is 10.6 Å². The zero-order valence-corrected chi connectivity index (χ0v) is 21.0. The molecule has 2 N–H and O–H groups in total. The molecule has 3 heterocycles. The molecule has 1 aliphatic heterocycles. The van der Waals surface area contributed by atoms with E-state index in [1.807, 2.05) is 26.8 Å². The molecule has 0 unspecified atom stereocenters. The van der Waals surface area contributed by atoms with Crippen LogP contribution in [-0.4, -0.2) is 52.3 Å². The highest BCUT2D eigenvalue weighted by Gasteiger charge is 2.32. The zero-order valence-electron chi connectivity index (χ0n) is 20.1. The molecule has 3 rings (SSSR count). The number of alkyl carbamates (subject to hydrolysis) is 1. The summed E-state index contributed by atoms with van der Waals surface area (Å²) < 4.78 is 10.7. The van der Waals surface area contributed by atoms with Crippen LogP contribution in [0.4, 0.5) is 4.79 Å². The summed E-state index contributed by atoms with van der Waals surface area (Å²) in [4.78, 5) is 32.6. The number of aromatic nitrogens is 2. The highest BCUT2D eigenvalue weighted by Crippen LogP contribution is 2.21. The summed E-state index contributed by atoms with van der Waals surface area (Å²) in [6.07, 6.45) is 1.95. The van der Waals surface area contributed by atoms with Gasteiger partial charge in [0, 0.05) is 17.3 Å². The van der Waals surface area contributed by atoms with Gasteiger partial charge in [0.25, 0.3) is 0 Å². The van der Waals surface area contributed by atoms with Crippen LogP contribution in [0.5, 0.6) is 0 Å². The Balaban J connectivity index is 1.42. The van der Waals surface area contributed by atoms with E-state index in [0.717, 1.165) is 32.4 Å². The van der Waals surface area contributed by atoms with Crippen molar-refractivity contribution in [1.82, 2.24) is 25.7 Å². The lowest BCUT2D eigenvalue weighted by Crippen LogP contribution is -2.44. The fraction of sp³-hybridized carbons (Fsp3) is 0.652. The van der Waals surface area contributed by atoms with Crippen molar-refractivity contribution in [3.63, 3.8) is 0 Å². The minimum atomic E-state index is -0.835. The van der Waals surface area contributed by atoms with Gasteiger partial charge in [-0.3, -0.25) is 9.69 Å². The number of nitrogens with zero attached hydrogens (tertiary/aromatic N) is 3. The molecule has 10 heteroatoms. The molecule has 1 fully saturated rings. The smallest absolute Gasteiger partial charge is 0.408 e. The summed E-state index contributed by atoms with van der Waals surface area (Å²) in [5.41, 5.74) is -1.42. The quantitative estimate of drug-likeness (QED) is 0.599. The lowest BCUT2D eigenvalue weighted by Gasteiger charge is -2.30. The van der Waals surface area contributed by atoms with Gasteiger partial charge in [-0.05, 0) is 78.4 Å². The maximum atomic E-state index is 12.5. The molecule has 2 aromatic heterocycles. The van der Waals surface area contributed by atoms with Crippen LogP contribution >= 0.6 is 11.3 Å². The fourth-order valence-electron chi connectivity index (χ4n) is 3.64. The van der Waals surface area contributed by atoms with Crippen molar-refractivity contribution in [3.8, 4) is 0 Å². The van der Waals surface area contributed by atoms with Gasteiger partial charge in [-0.1, -0.05) is 11.2 Å². The first-order valence-electron chi connectivity index (χ1n) is 11.4. The molecule has 33 heavy (non-hydrogen) atoms. The Hall–Kier alpha value is -2.46. The minimum Gasteiger partial charge on any atom is -0.444 e. The summed E-state index contributed by atoms with van der Waals surface area (Å²) in [5.74, 6) is 1.06. The highest BCUT2D eigenvalue weighted by molar-refractivity contribution is 7.09. The van der Waals surface area contributed by atoms with Crippen molar-refractivity contribution in [2.24, 2.45) is 5.92 Å². The number of amides is 2. The summed E-state index contributed by atoms with van der Waals surface area (Å²) in [7, 11) is 0. The van der Waals surface area contributed by atoms with Gasteiger partial charge >= 0.3 is 6.09 Å². The molecule has 182 valence electrons. The molecule has 1 saturated heterocycles. The van der Waals surface area contributed by atoms with E-state index in [0.29, 0.717) is 24.8 Å². The Morgan fingerprint density at radius 1 is 1.24 bits per heavy atom. The van der Waals surface area contributed by atoms with Gasteiger partial charge in [0.1, 0.15) is 11.1 Å². The summed E-state index contributed by atoms with van der Waals surface area (Å²) >= 11 is 1.71. The van der Waals surface area contributed by atoms with E-state index in [1.54, 1.807) is 25.2 Å². The lowest BCUT2D eigenvalue weighted by atomic mass is 9.96. The number of ether oxygens (including phenoxy) is 1. The number of likely N-dealkylation sites (tertiary alicyclic amines) is 1. The maximum Gasteiger partial charge on any atom is 0.408 e. The number of carbonyl (C=O) groups excluding carboxylic acids is 2. The number of rotatable bonds is 8. The van der Waals surface area contributed by atoms with Crippen LogP contribution in [0.25, 0.3) is 0 Å². The largest absolute Gasteiger partial charge is 0.444 e. The third kappa shape index (κ3) is 7.82. The van der Waals surface area contributed by atoms with Crippen LogP contribution in [-0.2, 0) is 28.0 Å². The van der Waals surface area contributed by atoms with Crippen LogP contribution in [0, 0.1) is 5.92 Å². The topological polar surface area (TPSA) is 110 Å². The molecular weight excluding hydrogens is 442 g/mol. The standard InChI is InChI=1S/C23H35N5O4S/c1-22(2,3)31-21(30)26-23(4,5)20-25-18(32-27-20)15-28-12-9-16(10-13-28)19(29)24-11-8-17-7-6-14-33-17/h6-7,14,16H,8-13,15H2,1-5H3,(H,24,29)(H,26,30). The van der Waals surface area contributed by atoms with E-state index in [4.69, 9.17) is 9.26 Å².